The first-order chi connectivity index (χ1) is 11.0. The van der Waals surface area contributed by atoms with Crippen LogP contribution in [-0.4, -0.2) is 27.3 Å². The molecular formula is C14H12ClF3N2O3S. The highest BCUT2D eigenvalue weighted by molar-refractivity contribution is 7.09. The number of nitrogens with zero attached hydrogens (tertiary/aromatic N) is 1. The van der Waals surface area contributed by atoms with Crippen molar-refractivity contribution in [2.24, 2.45) is 0 Å². The summed E-state index contributed by atoms with van der Waals surface area (Å²) in [5.41, 5.74) is -3.29. The lowest BCUT2D eigenvalue weighted by molar-refractivity contribution is -0.266. The van der Waals surface area contributed by atoms with Gasteiger partial charge in [0.2, 0.25) is 11.5 Å². The molecule has 5 nitrogen and oxygen atoms in total. The van der Waals surface area contributed by atoms with Crippen molar-refractivity contribution < 1.29 is 28.2 Å². The molecular weight excluding hydrogens is 369 g/mol. The molecule has 24 heavy (non-hydrogen) atoms. The molecule has 130 valence electrons. The summed E-state index contributed by atoms with van der Waals surface area (Å²) in [6, 6.07) is 3.70. The second kappa shape index (κ2) is 6.58. The van der Waals surface area contributed by atoms with E-state index in [1.54, 1.807) is 0 Å². The minimum absolute atomic E-state index is 0.160. The van der Waals surface area contributed by atoms with Gasteiger partial charge in [0, 0.05) is 16.1 Å². The predicted octanol–water partition coefficient (Wildman–Crippen LogP) is 3.59. The zero-order chi connectivity index (χ0) is 18.1. The zero-order valence-corrected chi connectivity index (χ0v) is 13.8. The van der Waals surface area contributed by atoms with Crippen molar-refractivity contribution in [2.75, 3.05) is 5.32 Å². The SMILES string of the molecule is Cc1csc([C@@](O)(CC(=O)Nc2cc(Cl)ccc2O)C(F)(F)F)n1. The molecule has 1 aromatic carbocycles. The number of carbonyl (C=O) groups excluding carboxylic acids is 1. The molecule has 0 aliphatic carbocycles. The average Bonchev–Trinajstić information content (AvgIpc) is 2.88. The number of phenolic OH excluding ortho intramolecular Hbond substituents is 1. The quantitative estimate of drug-likeness (QED) is 0.708. The number of aliphatic hydroxyl groups is 1. The first-order valence-corrected chi connectivity index (χ1v) is 7.79. The van der Waals surface area contributed by atoms with E-state index in [-0.39, 0.29) is 16.5 Å². The molecule has 1 heterocycles. The number of aromatic nitrogens is 1. The molecule has 2 rings (SSSR count). The van der Waals surface area contributed by atoms with Gasteiger partial charge in [0.15, 0.2) is 0 Å². The number of thiazole rings is 1. The van der Waals surface area contributed by atoms with Crippen LogP contribution < -0.4 is 5.32 Å². The van der Waals surface area contributed by atoms with Crippen LogP contribution in [0.3, 0.4) is 0 Å². The molecule has 1 atom stereocenters. The van der Waals surface area contributed by atoms with Gasteiger partial charge in [-0.15, -0.1) is 11.3 Å². The van der Waals surface area contributed by atoms with Crippen LogP contribution in [0.1, 0.15) is 17.1 Å². The van der Waals surface area contributed by atoms with Crippen LogP contribution in [0.25, 0.3) is 0 Å². The molecule has 0 unspecified atom stereocenters. The summed E-state index contributed by atoms with van der Waals surface area (Å²) >= 11 is 6.31. The van der Waals surface area contributed by atoms with Crippen LogP contribution in [0.4, 0.5) is 18.9 Å². The Labute approximate surface area is 143 Å². The lowest BCUT2D eigenvalue weighted by Gasteiger charge is -2.27. The average molecular weight is 381 g/mol. The van der Waals surface area contributed by atoms with Crippen molar-refractivity contribution >= 4 is 34.5 Å². The molecule has 0 aliphatic heterocycles. The first kappa shape index (κ1) is 18.5. The fraction of sp³-hybridized carbons (Fsp3) is 0.286. The molecule has 0 radical (unpaired) electrons. The Balaban J connectivity index is 2.27. The van der Waals surface area contributed by atoms with Gasteiger partial charge in [-0.25, -0.2) is 4.98 Å². The van der Waals surface area contributed by atoms with Crippen molar-refractivity contribution in [3.05, 3.63) is 39.3 Å². The number of amides is 1. The number of hydrogen-bond acceptors (Lipinski definition) is 5. The van der Waals surface area contributed by atoms with Gasteiger partial charge in [-0.3, -0.25) is 4.79 Å². The van der Waals surface area contributed by atoms with Gasteiger partial charge < -0.3 is 15.5 Å². The van der Waals surface area contributed by atoms with E-state index in [0.717, 1.165) is 0 Å². The highest BCUT2D eigenvalue weighted by atomic mass is 35.5. The monoisotopic (exact) mass is 380 g/mol. The molecule has 1 aromatic heterocycles. The number of nitrogens with one attached hydrogen (secondary N) is 1. The van der Waals surface area contributed by atoms with Crippen molar-refractivity contribution in [2.45, 2.75) is 25.1 Å². The Bertz CT molecular complexity index is 766. The number of aromatic hydroxyl groups is 1. The van der Waals surface area contributed by atoms with Crippen LogP contribution >= 0.6 is 22.9 Å². The standard InChI is InChI=1S/C14H12ClF3N2O3S/c1-7-6-24-12(19-7)13(23,14(16,17)18)5-11(22)20-9-4-8(15)2-3-10(9)21/h2-4,6,21,23H,5H2,1H3,(H,20,22)/t13-/m0/s1. The molecule has 0 aliphatic rings. The van der Waals surface area contributed by atoms with Crippen LogP contribution in [0, 0.1) is 6.92 Å². The minimum atomic E-state index is -5.11. The van der Waals surface area contributed by atoms with Crippen LogP contribution in [0.2, 0.25) is 5.02 Å². The maximum Gasteiger partial charge on any atom is 0.424 e. The molecule has 0 bridgehead atoms. The molecule has 0 saturated heterocycles. The van der Waals surface area contributed by atoms with E-state index in [4.69, 9.17) is 11.6 Å². The summed E-state index contributed by atoms with van der Waals surface area (Å²) < 4.78 is 39.9. The van der Waals surface area contributed by atoms with E-state index in [0.29, 0.717) is 17.0 Å². The van der Waals surface area contributed by atoms with Gasteiger partial charge in [0.1, 0.15) is 10.8 Å². The highest BCUT2D eigenvalue weighted by Gasteiger charge is 2.58. The normalized spacial score (nSPS) is 14.2. The predicted molar refractivity (Wildman–Crippen MR) is 83.2 cm³/mol. The molecule has 0 spiro atoms. The molecule has 10 heteroatoms. The number of carbonyl (C=O) groups is 1. The summed E-state index contributed by atoms with van der Waals surface area (Å²) in [4.78, 5) is 15.6. The molecule has 0 saturated carbocycles. The number of benzene rings is 1. The third-order valence-electron chi connectivity index (χ3n) is 3.09. The second-order valence-corrected chi connectivity index (χ2v) is 6.33. The Morgan fingerprint density at radius 3 is 2.62 bits per heavy atom. The van der Waals surface area contributed by atoms with Gasteiger partial charge in [-0.2, -0.15) is 13.2 Å². The maximum atomic E-state index is 13.3. The van der Waals surface area contributed by atoms with E-state index < -0.39 is 29.1 Å². The van der Waals surface area contributed by atoms with Crippen molar-refractivity contribution in [3.8, 4) is 5.75 Å². The largest absolute Gasteiger partial charge is 0.506 e. The summed E-state index contributed by atoms with van der Waals surface area (Å²) in [5.74, 6) is -1.52. The summed E-state index contributed by atoms with van der Waals surface area (Å²) in [7, 11) is 0. The molecule has 3 N–H and O–H groups in total. The third-order valence-corrected chi connectivity index (χ3v) is 4.44. The van der Waals surface area contributed by atoms with Crippen LogP contribution in [0.15, 0.2) is 23.6 Å². The van der Waals surface area contributed by atoms with Gasteiger partial charge in [-0.1, -0.05) is 11.6 Å². The van der Waals surface area contributed by atoms with Crippen molar-refractivity contribution in [3.63, 3.8) is 0 Å². The van der Waals surface area contributed by atoms with Gasteiger partial charge in [0.05, 0.1) is 12.1 Å². The van der Waals surface area contributed by atoms with Crippen LogP contribution in [-0.2, 0) is 10.4 Å². The number of hydrogen-bond donors (Lipinski definition) is 3. The lowest BCUT2D eigenvalue weighted by atomic mass is 9.99. The number of halogens is 4. The minimum Gasteiger partial charge on any atom is -0.506 e. The summed E-state index contributed by atoms with van der Waals surface area (Å²) in [5, 5.41) is 22.7. The number of aryl methyl sites for hydroxylation is 1. The van der Waals surface area contributed by atoms with Gasteiger partial charge >= 0.3 is 6.18 Å². The lowest BCUT2D eigenvalue weighted by Crippen LogP contribution is -2.45. The number of rotatable bonds is 4. The molecule has 0 fully saturated rings. The van der Waals surface area contributed by atoms with E-state index in [1.807, 2.05) is 0 Å². The third kappa shape index (κ3) is 3.80. The van der Waals surface area contributed by atoms with Crippen molar-refractivity contribution in [1.82, 2.24) is 4.98 Å². The Kier molecular flexibility index (Phi) is 5.07. The Morgan fingerprint density at radius 2 is 2.08 bits per heavy atom. The Hall–Kier alpha value is -1.84. The second-order valence-electron chi connectivity index (χ2n) is 5.04. The summed E-state index contributed by atoms with van der Waals surface area (Å²) in [6.07, 6.45) is -6.42. The fourth-order valence-electron chi connectivity index (χ4n) is 1.88. The maximum absolute atomic E-state index is 13.3. The van der Waals surface area contributed by atoms with Crippen LogP contribution in [0.5, 0.6) is 5.75 Å². The zero-order valence-electron chi connectivity index (χ0n) is 12.2. The molecule has 2 aromatic rings. The number of phenols is 1. The Morgan fingerprint density at radius 1 is 1.42 bits per heavy atom. The number of alkyl halides is 3. The smallest absolute Gasteiger partial charge is 0.424 e. The first-order valence-electron chi connectivity index (χ1n) is 6.53. The van der Waals surface area contributed by atoms with E-state index in [2.05, 4.69) is 10.3 Å². The fourth-order valence-corrected chi connectivity index (χ4v) is 2.96. The topological polar surface area (TPSA) is 82.5 Å². The summed E-state index contributed by atoms with van der Waals surface area (Å²) in [6.45, 7) is 1.47. The van der Waals surface area contributed by atoms with E-state index in [1.165, 1.54) is 30.5 Å². The van der Waals surface area contributed by atoms with Gasteiger partial charge in [-0.05, 0) is 25.1 Å². The van der Waals surface area contributed by atoms with E-state index >= 15 is 0 Å². The van der Waals surface area contributed by atoms with Crippen molar-refractivity contribution in [1.29, 1.82) is 0 Å². The van der Waals surface area contributed by atoms with E-state index in [9.17, 15) is 28.2 Å². The highest BCUT2D eigenvalue weighted by Crippen LogP contribution is 2.43. The van der Waals surface area contributed by atoms with Gasteiger partial charge in [0.25, 0.3) is 0 Å². The molecule has 1 amide bonds. The number of anilines is 1.